The van der Waals surface area contributed by atoms with E-state index in [4.69, 9.17) is 4.74 Å². The van der Waals surface area contributed by atoms with Crippen LogP contribution in [0.25, 0.3) is 0 Å². The number of hydrogen-bond donors (Lipinski definition) is 2. The van der Waals surface area contributed by atoms with Crippen molar-refractivity contribution in [3.63, 3.8) is 0 Å². The first-order valence-corrected chi connectivity index (χ1v) is 9.21. The molecule has 1 N–H and O–H groups in total. The Morgan fingerprint density at radius 1 is 1.71 bits per heavy atom. The molecule has 0 saturated carbocycles. The Bertz CT molecular complexity index is 219. The van der Waals surface area contributed by atoms with Crippen LogP contribution < -0.4 is 26.5 Å². The molecule has 2 aliphatic heterocycles. The minimum atomic E-state index is -0.177. The van der Waals surface area contributed by atoms with Crippen LogP contribution in [-0.2, 0) is 4.74 Å². The van der Waals surface area contributed by atoms with Crippen LogP contribution in [0.3, 0.4) is 0 Å². The minimum absolute atomic E-state index is 0.177. The van der Waals surface area contributed by atoms with E-state index in [1.165, 1.54) is 4.43 Å². The van der Waals surface area contributed by atoms with Crippen molar-refractivity contribution in [2.75, 3.05) is 16.7 Å². The molecule has 4 atom stereocenters. The van der Waals surface area contributed by atoms with Gasteiger partial charge in [-0.3, -0.25) is 0 Å². The van der Waals surface area contributed by atoms with Crippen molar-refractivity contribution in [2.45, 2.75) is 34.2 Å². The molecule has 0 bridgehead atoms. The average molecular weight is 346 g/mol. The van der Waals surface area contributed by atoms with Crippen LogP contribution >= 0.6 is 24.4 Å². The van der Waals surface area contributed by atoms with Crippen LogP contribution in [-0.4, -0.2) is 37.1 Å². The van der Waals surface area contributed by atoms with Crippen molar-refractivity contribution in [3.8, 4) is 0 Å². The monoisotopic (exact) mass is 346 g/mol. The summed E-state index contributed by atoms with van der Waals surface area (Å²) in [5.74, 6) is 1.07. The molecule has 0 aliphatic carbocycles. The number of epoxide rings is 1. The molecule has 2 nitrogen and oxygen atoms in total. The summed E-state index contributed by atoms with van der Waals surface area (Å²) in [7, 11) is 0. The fourth-order valence-corrected chi connectivity index (χ4v) is 5.58. The summed E-state index contributed by atoms with van der Waals surface area (Å²) in [6.45, 7) is 5.49. The third kappa shape index (κ3) is 2.53. The van der Waals surface area contributed by atoms with Crippen molar-refractivity contribution in [1.29, 1.82) is 0 Å². The van der Waals surface area contributed by atoms with Crippen molar-refractivity contribution < 1.29 is 25.9 Å². The first-order valence-electron chi connectivity index (χ1n) is 5.01. The summed E-state index contributed by atoms with van der Waals surface area (Å²) in [5.41, 5.74) is 0. The summed E-state index contributed by atoms with van der Waals surface area (Å²) in [5, 5.41) is 3.58. The summed E-state index contributed by atoms with van der Waals surface area (Å²) in [4.78, 5) is 0. The standard InChI is InChI=1S/C9H17INOS2/c1-3-14-9(13)8(12-9)5-11-7-4-10-6(7)2/h6-8,11,13H,3-5H2,1-2H3/q-1/t6-,7-,8?,9?/m0/s1. The SMILES string of the molecule is CCSC1(S)OC1CN[C@H]1C[I-][C@H]1C. The second-order valence-corrected chi connectivity index (χ2v) is 9.84. The van der Waals surface area contributed by atoms with Crippen LogP contribution in [0.1, 0.15) is 13.8 Å². The second-order valence-electron chi connectivity index (χ2n) is 3.67. The van der Waals surface area contributed by atoms with Crippen molar-refractivity contribution in [2.24, 2.45) is 0 Å². The summed E-state index contributed by atoms with van der Waals surface area (Å²) < 4.78 is 7.79. The number of thiol groups is 1. The molecule has 14 heavy (non-hydrogen) atoms. The van der Waals surface area contributed by atoms with Crippen molar-refractivity contribution in [1.82, 2.24) is 5.32 Å². The molecule has 0 amide bonds. The summed E-state index contributed by atoms with van der Waals surface area (Å²) >= 11 is 6.83. The Hall–Kier alpha value is 1.35. The summed E-state index contributed by atoms with van der Waals surface area (Å²) in [6.07, 6.45) is 0.321. The second kappa shape index (κ2) is 4.69. The zero-order chi connectivity index (χ0) is 10.2. The molecule has 0 radical (unpaired) electrons. The van der Waals surface area contributed by atoms with E-state index >= 15 is 0 Å². The Kier molecular flexibility index (Phi) is 3.96. The van der Waals surface area contributed by atoms with Gasteiger partial charge in [0, 0.05) is 0 Å². The van der Waals surface area contributed by atoms with E-state index in [9.17, 15) is 0 Å². The predicted octanol–water partition coefficient (Wildman–Crippen LogP) is -1.83. The number of halogens is 1. The number of ether oxygens (including phenoxy) is 1. The molecule has 2 aliphatic rings. The topological polar surface area (TPSA) is 24.6 Å². The van der Waals surface area contributed by atoms with Crippen LogP contribution in [0.5, 0.6) is 0 Å². The van der Waals surface area contributed by atoms with Gasteiger partial charge in [0.25, 0.3) is 0 Å². The Morgan fingerprint density at radius 2 is 2.50 bits per heavy atom. The Balaban J connectivity index is 1.64. The molecule has 2 heterocycles. The molecular weight excluding hydrogens is 329 g/mol. The molecule has 0 aromatic rings. The molecular formula is C9H17INOS2-. The number of nitrogens with one attached hydrogen (secondary N) is 1. The fourth-order valence-electron chi connectivity index (χ4n) is 1.51. The van der Waals surface area contributed by atoms with Gasteiger partial charge >= 0.3 is 107 Å². The molecule has 84 valence electrons. The summed E-state index contributed by atoms with van der Waals surface area (Å²) in [6, 6.07) is 0.774. The van der Waals surface area contributed by atoms with E-state index in [-0.39, 0.29) is 4.27 Å². The number of hydrogen-bond acceptors (Lipinski definition) is 4. The van der Waals surface area contributed by atoms with Gasteiger partial charge < -0.3 is 0 Å². The zero-order valence-electron chi connectivity index (χ0n) is 8.50. The quantitative estimate of drug-likeness (QED) is 0.201. The Labute approximate surface area is 106 Å². The van der Waals surface area contributed by atoms with Gasteiger partial charge in [0.2, 0.25) is 0 Å². The van der Waals surface area contributed by atoms with E-state index in [0.717, 1.165) is 22.3 Å². The molecule has 5 heteroatoms. The van der Waals surface area contributed by atoms with E-state index < -0.39 is 0 Å². The average Bonchev–Trinajstić information content (AvgIpc) is 2.75. The van der Waals surface area contributed by atoms with Gasteiger partial charge in [0.15, 0.2) is 0 Å². The van der Waals surface area contributed by atoms with Gasteiger partial charge in [0.05, 0.1) is 0 Å². The molecule has 2 rings (SSSR count). The number of alkyl halides is 2. The van der Waals surface area contributed by atoms with Crippen molar-refractivity contribution >= 4 is 24.4 Å². The van der Waals surface area contributed by atoms with E-state index in [1.807, 2.05) is 0 Å². The molecule has 0 spiro atoms. The van der Waals surface area contributed by atoms with Crippen molar-refractivity contribution in [3.05, 3.63) is 0 Å². The van der Waals surface area contributed by atoms with Crippen LogP contribution in [0.15, 0.2) is 0 Å². The van der Waals surface area contributed by atoms with Gasteiger partial charge in [-0.25, -0.2) is 0 Å². The van der Waals surface area contributed by atoms with E-state index in [1.54, 1.807) is 11.8 Å². The van der Waals surface area contributed by atoms with Crippen LogP contribution in [0.2, 0.25) is 0 Å². The maximum atomic E-state index is 5.57. The van der Waals surface area contributed by atoms with Gasteiger partial charge in [0.1, 0.15) is 0 Å². The number of rotatable bonds is 5. The fraction of sp³-hybridized carbons (Fsp3) is 1.00. The normalized spacial score (nSPS) is 46.6. The predicted molar refractivity (Wildman–Crippen MR) is 60.8 cm³/mol. The molecule has 2 unspecified atom stereocenters. The first-order chi connectivity index (χ1) is 6.65. The molecule has 2 fully saturated rings. The van der Waals surface area contributed by atoms with E-state index in [2.05, 4.69) is 31.8 Å². The number of thioether (sulfide) groups is 1. The Morgan fingerprint density at radius 3 is 3.00 bits per heavy atom. The zero-order valence-corrected chi connectivity index (χ0v) is 12.4. The van der Waals surface area contributed by atoms with Crippen LogP contribution in [0.4, 0.5) is 0 Å². The van der Waals surface area contributed by atoms with E-state index in [0.29, 0.717) is 27.3 Å². The van der Waals surface area contributed by atoms with Crippen LogP contribution in [0, 0.1) is 0 Å². The molecule has 2 saturated heterocycles. The first kappa shape index (κ1) is 11.8. The third-order valence-corrected chi connectivity index (χ3v) is 8.19. The van der Waals surface area contributed by atoms with Gasteiger partial charge in [-0.15, -0.1) is 0 Å². The maximum absolute atomic E-state index is 5.57. The van der Waals surface area contributed by atoms with Gasteiger partial charge in [-0.1, -0.05) is 0 Å². The van der Waals surface area contributed by atoms with Gasteiger partial charge in [-0.2, -0.15) is 0 Å². The molecule has 0 aromatic heterocycles. The third-order valence-electron chi connectivity index (χ3n) is 2.63. The van der Waals surface area contributed by atoms with Gasteiger partial charge in [-0.05, 0) is 0 Å². The molecule has 0 aromatic carbocycles.